The summed E-state index contributed by atoms with van der Waals surface area (Å²) in [5.41, 5.74) is 14.2. The molecule has 0 fully saturated rings. The molecule has 0 saturated carbocycles. The Morgan fingerprint density at radius 3 is 1.77 bits per heavy atom. The average molecular weight is 680 g/mol. The minimum atomic E-state index is 0.853. The topological polar surface area (TPSA) is 46.8 Å². The lowest BCUT2D eigenvalue weighted by Crippen LogP contribution is -2.12. The Balaban J connectivity index is 1.13. The minimum absolute atomic E-state index is 0.853. The number of benzene rings is 7. The Morgan fingerprint density at radius 1 is 0.491 bits per heavy atom. The van der Waals surface area contributed by atoms with Gasteiger partial charge in [-0.2, -0.15) is 0 Å². The largest absolute Gasteiger partial charge is 0.309 e. The lowest BCUT2D eigenvalue weighted by molar-refractivity contribution is 1.16. The fourth-order valence-electron chi connectivity index (χ4n) is 7.67. The van der Waals surface area contributed by atoms with Crippen LogP contribution < -0.4 is 4.90 Å². The van der Waals surface area contributed by atoms with Crippen molar-refractivity contribution in [2.45, 2.75) is 6.92 Å². The molecule has 0 spiro atoms. The molecule has 3 heterocycles. The Morgan fingerprint density at radius 2 is 1.09 bits per heavy atom. The van der Waals surface area contributed by atoms with Gasteiger partial charge < -0.3 is 9.47 Å². The van der Waals surface area contributed by atoms with Crippen LogP contribution in [-0.2, 0) is 0 Å². The van der Waals surface area contributed by atoms with Crippen molar-refractivity contribution < 1.29 is 0 Å². The van der Waals surface area contributed by atoms with Crippen molar-refractivity contribution in [3.05, 3.63) is 188 Å². The number of pyridine rings is 1. The monoisotopic (exact) mass is 679 g/mol. The van der Waals surface area contributed by atoms with Crippen LogP contribution in [0.1, 0.15) is 5.56 Å². The molecule has 10 rings (SSSR count). The van der Waals surface area contributed by atoms with E-state index in [1.807, 2.05) is 54.7 Å². The molecule has 7 aromatic carbocycles. The molecule has 0 atom stereocenters. The van der Waals surface area contributed by atoms with E-state index in [4.69, 9.17) is 15.0 Å². The molecule has 53 heavy (non-hydrogen) atoms. The summed E-state index contributed by atoms with van der Waals surface area (Å²) in [6, 6.07) is 61.6. The number of aryl methyl sites for hydroxylation is 1. The first kappa shape index (κ1) is 30.7. The van der Waals surface area contributed by atoms with E-state index in [1.54, 1.807) is 0 Å². The molecule has 10 aromatic rings. The third kappa shape index (κ3) is 5.21. The Bertz CT molecular complexity index is 2910. The third-order valence-corrected chi connectivity index (χ3v) is 10.1. The summed E-state index contributed by atoms with van der Waals surface area (Å²) in [5.74, 6) is 0. The number of nitrogens with zero attached hydrogens (tertiary/aromatic N) is 5. The van der Waals surface area contributed by atoms with Crippen LogP contribution >= 0.6 is 0 Å². The first-order valence-electron chi connectivity index (χ1n) is 17.9. The predicted octanol–water partition coefficient (Wildman–Crippen LogP) is 12.4. The van der Waals surface area contributed by atoms with Gasteiger partial charge >= 0.3 is 0 Å². The first-order chi connectivity index (χ1) is 26.2. The standard InChI is InChI=1S/C48H33N5/c1-32-31-37(53-43-21-9-5-17-38(43)39-18-6-10-22-44(39)53)28-29-42(32)52(45-23-11-15-33-16-12-30-49-46(33)45)36-26-24-35(25-27-36)48-47(34-13-3-2-4-14-34)50-40-19-7-8-20-41(40)51-48/h2-31H,1H3. The number of para-hydroxylation sites is 5. The molecule has 0 unspecified atom stereocenters. The SMILES string of the molecule is Cc1cc(-n2c3ccccc3c3ccccc32)ccc1N(c1ccc(-c2nc3ccccc3nc2-c2ccccc2)cc1)c1cccc2cccnc12. The van der Waals surface area contributed by atoms with E-state index in [-0.39, 0.29) is 0 Å². The van der Waals surface area contributed by atoms with Gasteiger partial charge in [0.2, 0.25) is 0 Å². The number of rotatable bonds is 6. The summed E-state index contributed by atoms with van der Waals surface area (Å²) in [6.07, 6.45) is 1.87. The molecular weight excluding hydrogens is 647 g/mol. The van der Waals surface area contributed by atoms with E-state index < -0.39 is 0 Å². The Hall–Kier alpha value is -7.11. The number of fused-ring (bicyclic) bond motifs is 5. The van der Waals surface area contributed by atoms with Crippen LogP contribution in [0.4, 0.5) is 17.1 Å². The van der Waals surface area contributed by atoms with Crippen molar-refractivity contribution in [2.24, 2.45) is 0 Å². The van der Waals surface area contributed by atoms with Crippen LogP contribution in [0, 0.1) is 6.92 Å². The van der Waals surface area contributed by atoms with Crippen LogP contribution in [0.5, 0.6) is 0 Å². The van der Waals surface area contributed by atoms with E-state index in [0.717, 1.165) is 72.8 Å². The lowest BCUT2D eigenvalue weighted by Gasteiger charge is -2.28. The molecule has 0 amide bonds. The maximum atomic E-state index is 5.16. The molecule has 0 aliphatic heterocycles. The number of anilines is 3. The van der Waals surface area contributed by atoms with E-state index in [9.17, 15) is 0 Å². The van der Waals surface area contributed by atoms with Crippen molar-refractivity contribution in [3.63, 3.8) is 0 Å². The summed E-state index contributed by atoms with van der Waals surface area (Å²) in [7, 11) is 0. The highest BCUT2D eigenvalue weighted by Crippen LogP contribution is 2.42. The normalized spacial score (nSPS) is 11.5. The van der Waals surface area contributed by atoms with Crippen molar-refractivity contribution in [1.29, 1.82) is 0 Å². The number of hydrogen-bond acceptors (Lipinski definition) is 4. The smallest absolute Gasteiger partial charge is 0.0973 e. The van der Waals surface area contributed by atoms with E-state index in [2.05, 4.69) is 144 Å². The van der Waals surface area contributed by atoms with Crippen LogP contribution in [-0.4, -0.2) is 19.5 Å². The Kier molecular flexibility index (Phi) is 7.29. The highest BCUT2D eigenvalue weighted by atomic mass is 15.2. The molecule has 250 valence electrons. The summed E-state index contributed by atoms with van der Waals surface area (Å²) < 4.78 is 2.37. The highest BCUT2D eigenvalue weighted by Gasteiger charge is 2.21. The van der Waals surface area contributed by atoms with E-state index in [0.29, 0.717) is 0 Å². The molecule has 0 aliphatic carbocycles. The van der Waals surface area contributed by atoms with Gasteiger partial charge in [-0.1, -0.05) is 109 Å². The highest BCUT2D eigenvalue weighted by molar-refractivity contribution is 6.09. The molecule has 0 radical (unpaired) electrons. The number of aromatic nitrogens is 4. The summed E-state index contributed by atoms with van der Waals surface area (Å²) >= 11 is 0. The average Bonchev–Trinajstić information content (AvgIpc) is 3.56. The van der Waals surface area contributed by atoms with Gasteiger partial charge in [-0.25, -0.2) is 9.97 Å². The lowest BCUT2D eigenvalue weighted by atomic mass is 10.0. The summed E-state index contributed by atoms with van der Waals surface area (Å²) in [4.78, 5) is 17.5. The first-order valence-corrected chi connectivity index (χ1v) is 17.9. The summed E-state index contributed by atoms with van der Waals surface area (Å²) in [6.45, 7) is 2.20. The van der Waals surface area contributed by atoms with Gasteiger partial charge in [0.25, 0.3) is 0 Å². The zero-order valence-corrected chi connectivity index (χ0v) is 29.1. The zero-order chi connectivity index (χ0) is 35.3. The predicted molar refractivity (Wildman–Crippen MR) is 219 cm³/mol. The second-order valence-corrected chi connectivity index (χ2v) is 13.4. The quantitative estimate of drug-likeness (QED) is 0.175. The molecule has 5 heteroatoms. The molecule has 0 aliphatic rings. The van der Waals surface area contributed by atoms with Crippen molar-refractivity contribution in [1.82, 2.24) is 19.5 Å². The van der Waals surface area contributed by atoms with Crippen molar-refractivity contribution >= 4 is 60.8 Å². The fraction of sp³-hybridized carbons (Fsp3) is 0.0208. The fourth-order valence-corrected chi connectivity index (χ4v) is 7.67. The van der Waals surface area contributed by atoms with E-state index in [1.165, 1.54) is 21.8 Å². The second-order valence-electron chi connectivity index (χ2n) is 13.4. The zero-order valence-electron chi connectivity index (χ0n) is 29.1. The van der Waals surface area contributed by atoms with Gasteiger partial charge in [-0.15, -0.1) is 0 Å². The van der Waals surface area contributed by atoms with Gasteiger partial charge in [-0.3, -0.25) is 4.98 Å². The Labute approximate surface area is 307 Å². The van der Waals surface area contributed by atoms with Gasteiger partial charge in [0.15, 0.2) is 0 Å². The van der Waals surface area contributed by atoms with Crippen LogP contribution in [0.2, 0.25) is 0 Å². The van der Waals surface area contributed by atoms with Gasteiger partial charge in [0.1, 0.15) is 0 Å². The molecule has 3 aromatic heterocycles. The van der Waals surface area contributed by atoms with Crippen LogP contribution in [0.3, 0.4) is 0 Å². The maximum Gasteiger partial charge on any atom is 0.0973 e. The van der Waals surface area contributed by atoms with Gasteiger partial charge in [0, 0.05) is 50.5 Å². The van der Waals surface area contributed by atoms with Crippen molar-refractivity contribution in [2.75, 3.05) is 4.90 Å². The van der Waals surface area contributed by atoms with Crippen molar-refractivity contribution in [3.8, 4) is 28.2 Å². The van der Waals surface area contributed by atoms with Crippen LogP contribution in [0.25, 0.3) is 71.9 Å². The number of hydrogen-bond donors (Lipinski definition) is 0. The maximum absolute atomic E-state index is 5.16. The van der Waals surface area contributed by atoms with Gasteiger partial charge in [0.05, 0.1) is 44.7 Å². The second kappa shape index (κ2) is 12.6. The molecule has 0 N–H and O–H groups in total. The molecule has 5 nitrogen and oxygen atoms in total. The molecule has 0 saturated heterocycles. The molecular formula is C48H33N5. The third-order valence-electron chi connectivity index (χ3n) is 10.1. The minimum Gasteiger partial charge on any atom is -0.309 e. The molecule has 0 bridgehead atoms. The van der Waals surface area contributed by atoms with E-state index >= 15 is 0 Å². The summed E-state index contributed by atoms with van der Waals surface area (Å²) in [5, 5.41) is 3.59. The van der Waals surface area contributed by atoms with Crippen LogP contribution in [0.15, 0.2) is 182 Å². The van der Waals surface area contributed by atoms with Gasteiger partial charge in [-0.05, 0) is 79.2 Å².